The molecule has 0 fully saturated rings. The molecule has 3 heterocycles. The van der Waals surface area contributed by atoms with Gasteiger partial charge >= 0.3 is 0 Å². The van der Waals surface area contributed by atoms with E-state index >= 15 is 0 Å². The molecule has 0 aliphatic carbocycles. The SMILES string of the molecule is Cc1cc(C)n(C(C)CNC(=O)c2cccc(-n3cnnc3)n2)n1. The Bertz CT molecular complexity index is 838. The molecular weight excluding hydrogens is 306 g/mol. The lowest BCUT2D eigenvalue weighted by Crippen LogP contribution is -2.31. The Morgan fingerprint density at radius 1 is 1.25 bits per heavy atom. The number of hydrogen-bond acceptors (Lipinski definition) is 5. The van der Waals surface area contributed by atoms with E-state index in [-0.39, 0.29) is 11.9 Å². The summed E-state index contributed by atoms with van der Waals surface area (Å²) >= 11 is 0. The van der Waals surface area contributed by atoms with E-state index < -0.39 is 0 Å². The maximum absolute atomic E-state index is 12.3. The largest absolute Gasteiger partial charge is 0.349 e. The van der Waals surface area contributed by atoms with Crippen molar-refractivity contribution in [3.05, 3.63) is 54.0 Å². The lowest BCUT2D eigenvalue weighted by molar-refractivity contribution is 0.0942. The molecule has 0 saturated heterocycles. The van der Waals surface area contributed by atoms with Crippen LogP contribution >= 0.6 is 0 Å². The molecule has 0 radical (unpaired) electrons. The van der Waals surface area contributed by atoms with Crippen LogP contribution in [0.25, 0.3) is 5.82 Å². The predicted octanol–water partition coefficient (Wildman–Crippen LogP) is 1.47. The summed E-state index contributed by atoms with van der Waals surface area (Å²) in [4.78, 5) is 16.7. The van der Waals surface area contributed by atoms with Crippen molar-refractivity contribution in [3.8, 4) is 5.82 Å². The molecule has 0 aromatic carbocycles. The zero-order valence-corrected chi connectivity index (χ0v) is 13.8. The Kier molecular flexibility index (Phi) is 4.37. The van der Waals surface area contributed by atoms with E-state index in [0.717, 1.165) is 11.4 Å². The van der Waals surface area contributed by atoms with Gasteiger partial charge in [-0.2, -0.15) is 5.10 Å². The zero-order chi connectivity index (χ0) is 17.1. The summed E-state index contributed by atoms with van der Waals surface area (Å²) in [5, 5.41) is 14.8. The number of carbonyl (C=O) groups is 1. The van der Waals surface area contributed by atoms with E-state index in [0.29, 0.717) is 18.1 Å². The Morgan fingerprint density at radius 2 is 2.00 bits per heavy atom. The molecule has 1 N–H and O–H groups in total. The highest BCUT2D eigenvalue weighted by atomic mass is 16.1. The van der Waals surface area contributed by atoms with Gasteiger partial charge in [0.2, 0.25) is 0 Å². The van der Waals surface area contributed by atoms with Gasteiger partial charge in [-0.3, -0.25) is 14.0 Å². The number of nitrogens with zero attached hydrogens (tertiary/aromatic N) is 6. The summed E-state index contributed by atoms with van der Waals surface area (Å²) in [6.07, 6.45) is 3.07. The third-order valence-electron chi connectivity index (χ3n) is 3.67. The fourth-order valence-electron chi connectivity index (χ4n) is 2.52. The first-order chi connectivity index (χ1) is 11.5. The molecule has 24 heavy (non-hydrogen) atoms. The highest BCUT2D eigenvalue weighted by Gasteiger charge is 2.13. The molecule has 124 valence electrons. The van der Waals surface area contributed by atoms with Gasteiger partial charge in [0, 0.05) is 12.2 Å². The fraction of sp³-hybridized carbons (Fsp3) is 0.312. The molecule has 0 spiro atoms. The Morgan fingerprint density at radius 3 is 2.67 bits per heavy atom. The number of aryl methyl sites for hydroxylation is 2. The number of pyridine rings is 1. The van der Waals surface area contributed by atoms with Crippen LogP contribution in [0.1, 0.15) is 34.8 Å². The molecular formula is C16H19N7O. The predicted molar refractivity (Wildman–Crippen MR) is 87.9 cm³/mol. The number of aromatic nitrogens is 6. The number of hydrogen-bond donors (Lipinski definition) is 1. The smallest absolute Gasteiger partial charge is 0.270 e. The molecule has 0 aliphatic rings. The van der Waals surface area contributed by atoms with Crippen molar-refractivity contribution in [2.75, 3.05) is 6.54 Å². The maximum atomic E-state index is 12.3. The summed E-state index contributed by atoms with van der Waals surface area (Å²) in [5.41, 5.74) is 2.39. The minimum atomic E-state index is -0.224. The van der Waals surface area contributed by atoms with Crippen molar-refractivity contribution in [3.63, 3.8) is 0 Å². The number of amides is 1. The van der Waals surface area contributed by atoms with E-state index in [1.54, 1.807) is 22.8 Å². The summed E-state index contributed by atoms with van der Waals surface area (Å²) in [6, 6.07) is 7.32. The topological polar surface area (TPSA) is 90.5 Å². The second-order valence-electron chi connectivity index (χ2n) is 5.68. The van der Waals surface area contributed by atoms with E-state index in [4.69, 9.17) is 0 Å². The standard InChI is InChI=1S/C16H19N7O/c1-11-7-12(2)23(21-11)13(3)8-17-16(24)14-5-4-6-15(20-14)22-9-18-19-10-22/h4-7,9-10,13H,8H2,1-3H3,(H,17,24). The summed E-state index contributed by atoms with van der Waals surface area (Å²) in [7, 11) is 0. The van der Waals surface area contributed by atoms with E-state index in [2.05, 4.69) is 25.6 Å². The molecule has 8 heteroatoms. The summed E-state index contributed by atoms with van der Waals surface area (Å²) in [5.74, 6) is 0.373. The second-order valence-corrected chi connectivity index (χ2v) is 5.68. The molecule has 1 atom stereocenters. The van der Waals surface area contributed by atoms with Crippen LogP contribution in [0.4, 0.5) is 0 Å². The molecule has 1 amide bonds. The third-order valence-corrected chi connectivity index (χ3v) is 3.67. The van der Waals surface area contributed by atoms with E-state index in [1.165, 1.54) is 12.7 Å². The van der Waals surface area contributed by atoms with Gasteiger partial charge in [0.15, 0.2) is 0 Å². The van der Waals surface area contributed by atoms with Gasteiger partial charge in [0.1, 0.15) is 24.2 Å². The van der Waals surface area contributed by atoms with Gasteiger partial charge in [0.25, 0.3) is 5.91 Å². The van der Waals surface area contributed by atoms with Crippen molar-refractivity contribution in [1.82, 2.24) is 34.8 Å². The minimum Gasteiger partial charge on any atom is -0.349 e. The van der Waals surface area contributed by atoms with Crippen molar-refractivity contribution in [2.45, 2.75) is 26.8 Å². The molecule has 3 aromatic rings. The number of carbonyl (C=O) groups excluding carboxylic acids is 1. The number of nitrogens with one attached hydrogen (secondary N) is 1. The third kappa shape index (κ3) is 3.32. The summed E-state index contributed by atoms with van der Waals surface area (Å²) < 4.78 is 3.56. The van der Waals surface area contributed by atoms with Crippen LogP contribution in [0.2, 0.25) is 0 Å². The van der Waals surface area contributed by atoms with Crippen molar-refractivity contribution < 1.29 is 4.79 Å². The monoisotopic (exact) mass is 325 g/mol. The molecule has 3 rings (SSSR count). The molecule has 3 aromatic heterocycles. The fourth-order valence-corrected chi connectivity index (χ4v) is 2.52. The second kappa shape index (κ2) is 6.61. The van der Waals surface area contributed by atoms with Crippen LogP contribution < -0.4 is 5.32 Å². The zero-order valence-electron chi connectivity index (χ0n) is 13.8. The van der Waals surface area contributed by atoms with Crippen LogP contribution in [0, 0.1) is 13.8 Å². The van der Waals surface area contributed by atoms with Crippen molar-refractivity contribution >= 4 is 5.91 Å². The van der Waals surface area contributed by atoms with Crippen LogP contribution in [0.15, 0.2) is 36.9 Å². The van der Waals surface area contributed by atoms with Gasteiger partial charge in [-0.15, -0.1) is 10.2 Å². The van der Waals surface area contributed by atoms with Crippen molar-refractivity contribution in [2.24, 2.45) is 0 Å². The Labute approximate surface area is 139 Å². The lowest BCUT2D eigenvalue weighted by Gasteiger charge is -2.15. The van der Waals surface area contributed by atoms with Crippen LogP contribution in [0.3, 0.4) is 0 Å². The molecule has 0 saturated carbocycles. The first-order valence-corrected chi connectivity index (χ1v) is 7.67. The average molecular weight is 325 g/mol. The van der Waals surface area contributed by atoms with Crippen molar-refractivity contribution in [1.29, 1.82) is 0 Å². The molecule has 1 unspecified atom stereocenters. The molecule has 8 nitrogen and oxygen atoms in total. The van der Waals surface area contributed by atoms with Gasteiger partial charge in [-0.1, -0.05) is 6.07 Å². The maximum Gasteiger partial charge on any atom is 0.270 e. The first-order valence-electron chi connectivity index (χ1n) is 7.67. The van der Waals surface area contributed by atoms with Gasteiger partial charge in [-0.05, 0) is 39.0 Å². The van der Waals surface area contributed by atoms with Crippen LogP contribution in [-0.2, 0) is 0 Å². The highest BCUT2D eigenvalue weighted by molar-refractivity contribution is 5.92. The highest BCUT2D eigenvalue weighted by Crippen LogP contribution is 2.10. The van der Waals surface area contributed by atoms with Gasteiger partial charge < -0.3 is 5.32 Å². The molecule has 0 aliphatic heterocycles. The van der Waals surface area contributed by atoms with Crippen LogP contribution in [0.5, 0.6) is 0 Å². The van der Waals surface area contributed by atoms with Crippen LogP contribution in [-0.4, -0.2) is 42.0 Å². The van der Waals surface area contributed by atoms with Gasteiger partial charge in [0.05, 0.1) is 11.7 Å². The number of rotatable bonds is 5. The lowest BCUT2D eigenvalue weighted by atomic mass is 10.3. The minimum absolute atomic E-state index is 0.0590. The molecule has 0 bridgehead atoms. The Balaban J connectivity index is 1.67. The van der Waals surface area contributed by atoms with E-state index in [1.807, 2.05) is 31.5 Å². The average Bonchev–Trinajstić information content (AvgIpc) is 3.22. The summed E-state index contributed by atoms with van der Waals surface area (Å²) in [6.45, 7) is 6.44. The quantitative estimate of drug-likeness (QED) is 0.767. The normalized spacial score (nSPS) is 12.1. The Hall–Kier alpha value is -3.03. The van der Waals surface area contributed by atoms with Gasteiger partial charge in [-0.25, -0.2) is 4.98 Å². The first kappa shape index (κ1) is 15.9. The van der Waals surface area contributed by atoms with E-state index in [9.17, 15) is 4.79 Å².